The summed E-state index contributed by atoms with van der Waals surface area (Å²) >= 11 is 2.22. The molecule has 0 amide bonds. The van der Waals surface area contributed by atoms with E-state index in [0.717, 1.165) is 35.8 Å². The van der Waals surface area contributed by atoms with Gasteiger partial charge < -0.3 is 10.4 Å². The number of likely N-dealkylation sites (N-methyl/N-ethyl adjacent to an activating group) is 1. The molecule has 2 atom stereocenters. The number of carboxylic acids is 1. The number of nitrogens with one attached hydrogen (secondary N) is 1. The first-order valence-corrected chi connectivity index (χ1v) is 7.26. The van der Waals surface area contributed by atoms with Gasteiger partial charge in [0.1, 0.15) is 5.54 Å². The first kappa shape index (κ1) is 13.8. The average Bonchev–Trinajstić information content (AvgIpc) is 2.92. The third-order valence-electron chi connectivity index (χ3n) is 3.96. The minimum atomic E-state index is -0.736. The minimum absolute atomic E-state index is 0.182. The Kier molecular flexibility index (Phi) is 4.26. The summed E-state index contributed by atoms with van der Waals surface area (Å²) in [7, 11) is 1.75. The summed E-state index contributed by atoms with van der Waals surface area (Å²) < 4.78 is 3.00. The summed E-state index contributed by atoms with van der Waals surface area (Å²) in [6, 6.07) is 0. The molecule has 1 heterocycles. The van der Waals surface area contributed by atoms with E-state index in [-0.39, 0.29) is 5.92 Å². The highest BCUT2D eigenvalue weighted by Crippen LogP contribution is 2.38. The number of hydrogen-bond donors (Lipinski definition) is 2. The third kappa shape index (κ3) is 2.54. The zero-order valence-electron chi connectivity index (χ0n) is 10.4. The van der Waals surface area contributed by atoms with Crippen molar-refractivity contribution in [2.24, 2.45) is 5.92 Å². The summed E-state index contributed by atoms with van der Waals surface area (Å²) in [5.41, 5.74) is -0.736. The summed E-state index contributed by atoms with van der Waals surface area (Å²) in [6.07, 6.45) is 7.33. The molecule has 2 unspecified atom stereocenters. The maximum atomic E-state index is 11.5. The first-order chi connectivity index (χ1) is 8.58. The summed E-state index contributed by atoms with van der Waals surface area (Å²) in [5, 5.41) is 16.7. The summed E-state index contributed by atoms with van der Waals surface area (Å²) in [6.45, 7) is 0.782. The van der Waals surface area contributed by atoms with Crippen LogP contribution < -0.4 is 5.32 Å². The highest BCUT2D eigenvalue weighted by Gasteiger charge is 2.47. The van der Waals surface area contributed by atoms with E-state index in [4.69, 9.17) is 0 Å². The monoisotopic (exact) mass is 363 g/mol. The second kappa shape index (κ2) is 5.56. The molecule has 0 spiro atoms. The maximum absolute atomic E-state index is 11.5. The Morgan fingerprint density at radius 3 is 3.11 bits per heavy atom. The fourth-order valence-electron chi connectivity index (χ4n) is 2.93. The Morgan fingerprint density at radius 2 is 2.56 bits per heavy atom. The van der Waals surface area contributed by atoms with Crippen molar-refractivity contribution in [3.8, 4) is 0 Å². The molecule has 1 aliphatic carbocycles. The van der Waals surface area contributed by atoms with Crippen molar-refractivity contribution in [3.05, 3.63) is 16.0 Å². The van der Waals surface area contributed by atoms with Crippen LogP contribution >= 0.6 is 22.6 Å². The van der Waals surface area contributed by atoms with Crippen molar-refractivity contribution in [2.45, 2.75) is 37.8 Å². The smallest absolute Gasteiger partial charge is 0.324 e. The molecule has 6 heteroatoms. The fourth-order valence-corrected chi connectivity index (χ4v) is 3.38. The molecule has 5 nitrogen and oxygen atoms in total. The molecule has 2 N–H and O–H groups in total. The van der Waals surface area contributed by atoms with E-state index in [9.17, 15) is 9.90 Å². The van der Waals surface area contributed by atoms with Crippen LogP contribution in [0.25, 0.3) is 0 Å². The fraction of sp³-hybridized carbons (Fsp3) is 0.667. The predicted octanol–water partition coefficient (Wildman–Crippen LogP) is 1.72. The van der Waals surface area contributed by atoms with Gasteiger partial charge in [-0.3, -0.25) is 9.48 Å². The second-order valence-corrected chi connectivity index (χ2v) is 6.07. The minimum Gasteiger partial charge on any atom is -0.480 e. The van der Waals surface area contributed by atoms with Crippen molar-refractivity contribution in [1.29, 1.82) is 0 Å². The molecule has 0 radical (unpaired) electrons. The number of halogens is 1. The van der Waals surface area contributed by atoms with Gasteiger partial charge in [-0.1, -0.05) is 6.42 Å². The van der Waals surface area contributed by atoms with E-state index >= 15 is 0 Å². The van der Waals surface area contributed by atoms with Crippen LogP contribution in [0.4, 0.5) is 0 Å². The topological polar surface area (TPSA) is 67.2 Å². The highest BCUT2D eigenvalue weighted by atomic mass is 127. The van der Waals surface area contributed by atoms with Gasteiger partial charge in [-0.15, -0.1) is 0 Å². The molecule has 18 heavy (non-hydrogen) atoms. The van der Waals surface area contributed by atoms with Crippen LogP contribution in [0, 0.1) is 9.49 Å². The number of aryl methyl sites for hydroxylation is 1. The number of carboxylic acid groups (broad SMARTS) is 1. The number of nitrogens with zero attached hydrogens (tertiary/aromatic N) is 2. The van der Waals surface area contributed by atoms with Crippen molar-refractivity contribution < 1.29 is 9.90 Å². The Hall–Kier alpha value is -0.630. The number of rotatable bonds is 5. The molecule has 1 aromatic heterocycles. The van der Waals surface area contributed by atoms with Gasteiger partial charge in [0.15, 0.2) is 0 Å². The maximum Gasteiger partial charge on any atom is 0.324 e. The van der Waals surface area contributed by atoms with E-state index in [1.54, 1.807) is 7.05 Å². The number of carbonyl (C=O) groups is 1. The molecular formula is C12H18IN3O2. The van der Waals surface area contributed by atoms with Crippen LogP contribution in [0.3, 0.4) is 0 Å². The van der Waals surface area contributed by atoms with Gasteiger partial charge in [-0.25, -0.2) is 0 Å². The standard InChI is InChI=1S/C12H18IN3O2/c1-14-12(11(17)18)5-2-3-9(12)4-6-16-8-10(13)7-15-16/h7-9,14H,2-6H2,1H3,(H,17,18). The lowest BCUT2D eigenvalue weighted by Crippen LogP contribution is -2.53. The van der Waals surface area contributed by atoms with Crippen LogP contribution in [0.5, 0.6) is 0 Å². The Labute approximate surface area is 120 Å². The molecule has 2 rings (SSSR count). The van der Waals surface area contributed by atoms with Crippen LogP contribution in [0.1, 0.15) is 25.7 Å². The summed E-state index contributed by atoms with van der Waals surface area (Å²) in [4.78, 5) is 11.5. The third-order valence-corrected chi connectivity index (χ3v) is 4.51. The van der Waals surface area contributed by atoms with Gasteiger partial charge in [0.2, 0.25) is 0 Å². The molecule has 1 aliphatic rings. The van der Waals surface area contributed by atoms with Crippen molar-refractivity contribution in [1.82, 2.24) is 15.1 Å². The second-order valence-electron chi connectivity index (χ2n) is 4.83. The Balaban J connectivity index is 2.01. The van der Waals surface area contributed by atoms with Gasteiger partial charge in [0.25, 0.3) is 0 Å². The SMILES string of the molecule is CNC1(C(=O)O)CCCC1CCn1cc(I)cn1. The zero-order valence-corrected chi connectivity index (χ0v) is 12.6. The number of hydrogen-bond acceptors (Lipinski definition) is 3. The van der Waals surface area contributed by atoms with Crippen molar-refractivity contribution in [3.63, 3.8) is 0 Å². The number of aliphatic carboxylic acids is 1. The highest BCUT2D eigenvalue weighted by molar-refractivity contribution is 14.1. The van der Waals surface area contributed by atoms with E-state index in [2.05, 4.69) is 33.0 Å². The lowest BCUT2D eigenvalue weighted by molar-refractivity contribution is -0.146. The van der Waals surface area contributed by atoms with Crippen LogP contribution in [-0.4, -0.2) is 33.4 Å². The first-order valence-electron chi connectivity index (χ1n) is 6.19. The van der Waals surface area contributed by atoms with Gasteiger partial charge in [-0.2, -0.15) is 5.10 Å². The molecule has 0 saturated heterocycles. The molecule has 1 fully saturated rings. The molecule has 0 bridgehead atoms. The van der Waals surface area contributed by atoms with Gasteiger partial charge in [0, 0.05) is 12.7 Å². The lowest BCUT2D eigenvalue weighted by Gasteiger charge is -2.31. The van der Waals surface area contributed by atoms with Crippen molar-refractivity contribution >= 4 is 28.6 Å². The lowest BCUT2D eigenvalue weighted by atomic mass is 9.85. The molecule has 0 aliphatic heterocycles. The average molecular weight is 363 g/mol. The summed E-state index contributed by atoms with van der Waals surface area (Å²) in [5.74, 6) is -0.538. The van der Waals surface area contributed by atoms with Crippen molar-refractivity contribution in [2.75, 3.05) is 7.05 Å². The Bertz CT molecular complexity index is 435. The zero-order chi connectivity index (χ0) is 13.2. The predicted molar refractivity (Wildman–Crippen MR) is 76.3 cm³/mol. The van der Waals surface area contributed by atoms with E-state index in [1.807, 2.05) is 17.1 Å². The van der Waals surface area contributed by atoms with E-state index < -0.39 is 11.5 Å². The normalized spacial score (nSPS) is 27.6. The molecule has 1 aromatic rings. The van der Waals surface area contributed by atoms with Gasteiger partial charge >= 0.3 is 5.97 Å². The molecule has 1 saturated carbocycles. The van der Waals surface area contributed by atoms with E-state index in [1.165, 1.54) is 0 Å². The quantitative estimate of drug-likeness (QED) is 0.782. The number of aromatic nitrogens is 2. The van der Waals surface area contributed by atoms with Gasteiger partial charge in [0.05, 0.1) is 9.77 Å². The Morgan fingerprint density at radius 1 is 1.78 bits per heavy atom. The van der Waals surface area contributed by atoms with Crippen LogP contribution in [-0.2, 0) is 11.3 Å². The van der Waals surface area contributed by atoms with Crippen LogP contribution in [0.2, 0.25) is 0 Å². The van der Waals surface area contributed by atoms with Gasteiger partial charge in [-0.05, 0) is 54.8 Å². The van der Waals surface area contributed by atoms with E-state index in [0.29, 0.717) is 0 Å². The molecule has 0 aromatic carbocycles. The molecule has 100 valence electrons. The molecular weight excluding hydrogens is 345 g/mol. The largest absolute Gasteiger partial charge is 0.480 e. The van der Waals surface area contributed by atoms with Crippen LogP contribution in [0.15, 0.2) is 12.4 Å².